The highest BCUT2D eigenvalue weighted by molar-refractivity contribution is 7.89. The van der Waals surface area contributed by atoms with Crippen LogP contribution in [0.25, 0.3) is 22.2 Å². The average molecular weight is 397 g/mol. The Morgan fingerprint density at radius 2 is 1.79 bits per heavy atom. The summed E-state index contributed by atoms with van der Waals surface area (Å²) in [5, 5.41) is 5.32. The van der Waals surface area contributed by atoms with Crippen molar-refractivity contribution in [1.82, 2.24) is 9.97 Å². The fourth-order valence-corrected chi connectivity index (χ4v) is 3.72. The molecule has 3 aromatic carbocycles. The molecule has 0 fully saturated rings. The number of benzene rings is 3. The second-order valence-corrected chi connectivity index (χ2v) is 7.71. The van der Waals surface area contributed by atoms with Crippen LogP contribution in [0.4, 0.5) is 4.39 Å². The molecule has 0 aliphatic rings. The number of sulfonamides is 1. The Morgan fingerprint density at radius 3 is 2.57 bits per heavy atom. The Morgan fingerprint density at radius 1 is 1.04 bits per heavy atom. The quantitative estimate of drug-likeness (QED) is 0.538. The summed E-state index contributed by atoms with van der Waals surface area (Å²) in [7, 11) is -3.86. The minimum atomic E-state index is -3.86. The number of H-pyrrole nitrogens is 1. The van der Waals surface area contributed by atoms with Gasteiger partial charge in [-0.05, 0) is 35.9 Å². The average Bonchev–Trinajstić information content (AvgIpc) is 3.09. The van der Waals surface area contributed by atoms with Gasteiger partial charge in [0.05, 0.1) is 15.9 Å². The number of primary sulfonamides is 1. The summed E-state index contributed by atoms with van der Waals surface area (Å²) >= 11 is 0. The maximum absolute atomic E-state index is 13.7. The number of fused-ring (bicyclic) bond motifs is 1. The Bertz CT molecular complexity index is 1270. The van der Waals surface area contributed by atoms with Crippen LogP contribution in [0.5, 0.6) is 5.75 Å². The van der Waals surface area contributed by atoms with Crippen molar-refractivity contribution in [2.75, 3.05) is 0 Å². The van der Waals surface area contributed by atoms with Crippen LogP contribution in [-0.2, 0) is 16.6 Å². The van der Waals surface area contributed by atoms with Gasteiger partial charge in [-0.1, -0.05) is 36.4 Å². The second-order valence-electron chi connectivity index (χ2n) is 6.18. The topological polar surface area (TPSA) is 98.1 Å². The lowest BCUT2D eigenvalue weighted by molar-refractivity contribution is 0.282. The molecule has 0 unspecified atom stereocenters. The first-order valence-electron chi connectivity index (χ1n) is 8.40. The summed E-state index contributed by atoms with van der Waals surface area (Å²) in [6, 6.07) is 18.0. The third kappa shape index (κ3) is 3.60. The maximum atomic E-state index is 13.7. The summed E-state index contributed by atoms with van der Waals surface area (Å²) in [4.78, 5) is 7.61. The molecule has 0 bridgehead atoms. The third-order valence-electron chi connectivity index (χ3n) is 4.24. The first-order chi connectivity index (χ1) is 13.4. The van der Waals surface area contributed by atoms with Gasteiger partial charge in [-0.25, -0.2) is 22.9 Å². The van der Waals surface area contributed by atoms with Crippen LogP contribution in [0.2, 0.25) is 0 Å². The van der Waals surface area contributed by atoms with E-state index in [4.69, 9.17) is 9.88 Å². The number of aromatic amines is 1. The molecule has 28 heavy (non-hydrogen) atoms. The van der Waals surface area contributed by atoms with E-state index in [2.05, 4.69) is 9.97 Å². The van der Waals surface area contributed by atoms with Crippen LogP contribution >= 0.6 is 0 Å². The maximum Gasteiger partial charge on any atom is 0.238 e. The number of halogens is 1. The molecule has 0 saturated carbocycles. The first kappa shape index (κ1) is 18.1. The largest absolute Gasteiger partial charge is 0.483 e. The molecule has 0 aliphatic heterocycles. The van der Waals surface area contributed by atoms with Gasteiger partial charge in [0, 0.05) is 5.56 Å². The highest BCUT2D eigenvalue weighted by atomic mass is 32.2. The van der Waals surface area contributed by atoms with Gasteiger partial charge in [0.25, 0.3) is 0 Å². The van der Waals surface area contributed by atoms with E-state index >= 15 is 0 Å². The lowest BCUT2D eigenvalue weighted by Crippen LogP contribution is -2.13. The molecule has 0 atom stereocenters. The van der Waals surface area contributed by atoms with E-state index in [1.807, 2.05) is 0 Å². The number of rotatable bonds is 5. The van der Waals surface area contributed by atoms with Crippen molar-refractivity contribution in [2.45, 2.75) is 11.5 Å². The normalized spacial score (nSPS) is 11.6. The number of hydrogen-bond acceptors (Lipinski definition) is 4. The molecule has 8 heteroatoms. The number of imidazole rings is 1. The first-order valence-corrected chi connectivity index (χ1v) is 9.94. The van der Waals surface area contributed by atoms with E-state index in [1.54, 1.807) is 54.6 Å². The van der Waals surface area contributed by atoms with Gasteiger partial charge in [0.1, 0.15) is 12.4 Å². The summed E-state index contributed by atoms with van der Waals surface area (Å²) in [5.41, 5.74) is 2.56. The Balaban J connectivity index is 1.65. The van der Waals surface area contributed by atoms with E-state index in [1.165, 1.54) is 12.1 Å². The van der Waals surface area contributed by atoms with Crippen molar-refractivity contribution in [3.8, 4) is 16.9 Å². The Kier molecular flexibility index (Phi) is 4.58. The highest BCUT2D eigenvalue weighted by Gasteiger charge is 2.15. The van der Waals surface area contributed by atoms with Crippen LogP contribution in [0.15, 0.2) is 71.6 Å². The van der Waals surface area contributed by atoms with E-state index in [9.17, 15) is 12.8 Å². The zero-order valence-electron chi connectivity index (χ0n) is 14.6. The van der Waals surface area contributed by atoms with Crippen molar-refractivity contribution in [2.24, 2.45) is 5.14 Å². The smallest absolute Gasteiger partial charge is 0.238 e. The van der Waals surface area contributed by atoms with Crippen molar-refractivity contribution in [3.05, 3.63) is 78.4 Å². The molecule has 6 nitrogen and oxygen atoms in total. The minimum absolute atomic E-state index is 0.0491. The van der Waals surface area contributed by atoms with Crippen LogP contribution < -0.4 is 9.88 Å². The summed E-state index contributed by atoms with van der Waals surface area (Å²) < 4.78 is 42.8. The van der Waals surface area contributed by atoms with E-state index in [0.717, 1.165) is 5.52 Å². The van der Waals surface area contributed by atoms with Crippen LogP contribution in [-0.4, -0.2) is 18.4 Å². The fraction of sp³-hybridized carbons (Fsp3) is 0.0500. The molecule has 0 saturated heterocycles. The number of nitrogens with zero attached hydrogens (tertiary/aromatic N) is 1. The zero-order chi connectivity index (χ0) is 19.7. The molecule has 4 rings (SSSR count). The number of ether oxygens (including phenoxy) is 1. The monoisotopic (exact) mass is 397 g/mol. The number of hydrogen-bond donors (Lipinski definition) is 2. The molecule has 0 amide bonds. The van der Waals surface area contributed by atoms with Crippen LogP contribution in [0.3, 0.4) is 0 Å². The van der Waals surface area contributed by atoms with Gasteiger partial charge < -0.3 is 9.72 Å². The molecule has 4 aromatic rings. The van der Waals surface area contributed by atoms with Crippen molar-refractivity contribution >= 4 is 21.1 Å². The molecular weight excluding hydrogens is 381 g/mol. The Hall–Kier alpha value is -3.23. The molecule has 1 aromatic heterocycles. The SMILES string of the molecule is NS(=O)(=O)c1ccccc1-c1ccc2[nH]c(COc3ccccc3F)nc2c1. The minimum Gasteiger partial charge on any atom is -0.483 e. The summed E-state index contributed by atoms with van der Waals surface area (Å²) in [6.07, 6.45) is 0. The molecule has 0 spiro atoms. The highest BCUT2D eigenvalue weighted by Crippen LogP contribution is 2.29. The van der Waals surface area contributed by atoms with Gasteiger partial charge in [-0.3, -0.25) is 0 Å². The standard InChI is InChI=1S/C20H16FN3O3S/c21-15-6-2-3-7-18(15)27-12-20-23-16-10-9-13(11-17(16)24-20)14-5-1-4-8-19(14)28(22,25)26/h1-11H,12H2,(H,23,24)(H2,22,25,26). The van der Waals surface area contributed by atoms with Crippen molar-refractivity contribution < 1.29 is 17.5 Å². The lowest BCUT2D eigenvalue weighted by atomic mass is 10.1. The summed E-state index contributed by atoms with van der Waals surface area (Å²) in [5.74, 6) is 0.223. The molecule has 0 radical (unpaired) electrons. The van der Waals surface area contributed by atoms with Crippen molar-refractivity contribution in [1.29, 1.82) is 0 Å². The van der Waals surface area contributed by atoms with Gasteiger partial charge in [0.15, 0.2) is 11.6 Å². The lowest BCUT2D eigenvalue weighted by Gasteiger charge is -2.07. The van der Waals surface area contributed by atoms with E-state index in [0.29, 0.717) is 22.5 Å². The van der Waals surface area contributed by atoms with Crippen molar-refractivity contribution in [3.63, 3.8) is 0 Å². The van der Waals surface area contributed by atoms with Crippen LogP contribution in [0, 0.1) is 5.82 Å². The number of nitrogens with one attached hydrogen (secondary N) is 1. The second kappa shape index (κ2) is 7.06. The van der Waals surface area contributed by atoms with E-state index in [-0.39, 0.29) is 17.3 Å². The predicted molar refractivity (Wildman–Crippen MR) is 104 cm³/mol. The number of nitrogens with two attached hydrogens (primary N) is 1. The van der Waals surface area contributed by atoms with Gasteiger partial charge >= 0.3 is 0 Å². The molecule has 142 valence electrons. The Labute approximate surface area is 160 Å². The third-order valence-corrected chi connectivity index (χ3v) is 5.21. The molecule has 0 aliphatic carbocycles. The fourth-order valence-electron chi connectivity index (χ4n) is 2.96. The molecular formula is C20H16FN3O3S. The van der Waals surface area contributed by atoms with Crippen LogP contribution in [0.1, 0.15) is 5.82 Å². The number of para-hydroxylation sites is 1. The molecule has 3 N–H and O–H groups in total. The summed E-state index contributed by atoms with van der Waals surface area (Å²) in [6.45, 7) is 0.0682. The molecule has 1 heterocycles. The zero-order valence-corrected chi connectivity index (χ0v) is 15.4. The van der Waals surface area contributed by atoms with Gasteiger partial charge in [0.2, 0.25) is 10.0 Å². The predicted octanol–water partition coefficient (Wildman–Crippen LogP) is 3.60. The number of aromatic nitrogens is 2. The van der Waals surface area contributed by atoms with Gasteiger partial charge in [-0.2, -0.15) is 0 Å². The van der Waals surface area contributed by atoms with E-state index < -0.39 is 15.8 Å². The van der Waals surface area contributed by atoms with Gasteiger partial charge in [-0.15, -0.1) is 0 Å².